The monoisotopic (exact) mass is 459 g/mol. The van der Waals surface area contributed by atoms with Gasteiger partial charge in [-0.3, -0.25) is 4.79 Å². The van der Waals surface area contributed by atoms with E-state index >= 15 is 0 Å². The Hall–Kier alpha value is -3.83. The van der Waals surface area contributed by atoms with E-state index in [-0.39, 0.29) is 24.8 Å². The fourth-order valence-electron chi connectivity index (χ4n) is 2.94. The number of fused-ring (bicyclic) bond motifs is 1. The second kappa shape index (κ2) is 11.7. The van der Waals surface area contributed by atoms with Crippen molar-refractivity contribution in [3.63, 3.8) is 0 Å². The van der Waals surface area contributed by atoms with Crippen molar-refractivity contribution < 1.29 is 9.21 Å². The van der Waals surface area contributed by atoms with E-state index in [9.17, 15) is 4.79 Å². The first kappa shape index (κ1) is 23.8. The third-order valence-electron chi connectivity index (χ3n) is 4.49. The SMILES string of the molecule is CC.Cc1ccc(/C=C/c2ccc3sc(Cc4nnc(CC(=O)NCC#N)o4)nc3c2)cc1. The minimum absolute atomic E-state index is 0.0479. The summed E-state index contributed by atoms with van der Waals surface area (Å²) in [5.41, 5.74) is 4.39. The Kier molecular flexibility index (Phi) is 8.44. The highest BCUT2D eigenvalue weighted by Gasteiger charge is 2.13. The molecule has 0 saturated carbocycles. The molecule has 8 heteroatoms. The topological polar surface area (TPSA) is 105 Å². The number of hydrogen-bond donors (Lipinski definition) is 1. The van der Waals surface area contributed by atoms with Gasteiger partial charge in [0, 0.05) is 0 Å². The number of nitriles is 1. The molecular formula is C25H25N5O2S. The number of nitrogens with zero attached hydrogens (tertiary/aromatic N) is 4. The van der Waals surface area contributed by atoms with Crippen molar-refractivity contribution in [3.8, 4) is 6.07 Å². The summed E-state index contributed by atoms with van der Waals surface area (Å²) in [7, 11) is 0. The van der Waals surface area contributed by atoms with Crippen LogP contribution in [-0.2, 0) is 17.6 Å². The Bertz CT molecular complexity index is 1280. The Morgan fingerprint density at radius 3 is 2.55 bits per heavy atom. The number of hydrogen-bond acceptors (Lipinski definition) is 7. The Balaban J connectivity index is 0.00000149. The van der Waals surface area contributed by atoms with E-state index in [1.807, 2.05) is 19.9 Å². The zero-order valence-electron chi connectivity index (χ0n) is 18.8. The lowest BCUT2D eigenvalue weighted by atomic mass is 10.1. The third kappa shape index (κ3) is 6.82. The number of carbonyl (C=O) groups is 1. The van der Waals surface area contributed by atoms with Crippen molar-refractivity contribution in [2.75, 3.05) is 6.54 Å². The molecule has 0 radical (unpaired) electrons. The van der Waals surface area contributed by atoms with Gasteiger partial charge in [0.1, 0.15) is 18.0 Å². The zero-order chi connectivity index (χ0) is 23.6. The highest BCUT2D eigenvalue weighted by Crippen LogP contribution is 2.25. The lowest BCUT2D eigenvalue weighted by Crippen LogP contribution is -2.25. The maximum Gasteiger partial charge on any atom is 0.230 e. The van der Waals surface area contributed by atoms with Gasteiger partial charge in [0.2, 0.25) is 17.7 Å². The van der Waals surface area contributed by atoms with E-state index in [1.54, 1.807) is 11.3 Å². The van der Waals surface area contributed by atoms with Crippen LogP contribution < -0.4 is 5.32 Å². The van der Waals surface area contributed by atoms with Gasteiger partial charge in [0.25, 0.3) is 0 Å². The van der Waals surface area contributed by atoms with Gasteiger partial charge < -0.3 is 9.73 Å². The van der Waals surface area contributed by atoms with Crippen LogP contribution in [0.15, 0.2) is 46.9 Å². The van der Waals surface area contributed by atoms with E-state index in [1.165, 1.54) is 5.56 Å². The summed E-state index contributed by atoms with van der Waals surface area (Å²) in [5, 5.41) is 19.7. The second-order valence-electron chi connectivity index (χ2n) is 6.96. The normalized spacial score (nSPS) is 10.6. The smallest absolute Gasteiger partial charge is 0.230 e. The molecule has 33 heavy (non-hydrogen) atoms. The molecule has 0 fully saturated rings. The molecule has 7 nitrogen and oxygen atoms in total. The predicted molar refractivity (Wildman–Crippen MR) is 131 cm³/mol. The van der Waals surface area contributed by atoms with Gasteiger partial charge in [0.05, 0.1) is 22.7 Å². The largest absolute Gasteiger partial charge is 0.424 e. The summed E-state index contributed by atoms with van der Waals surface area (Å²) < 4.78 is 6.62. The number of nitrogens with one attached hydrogen (secondary N) is 1. The molecule has 2 aromatic carbocycles. The molecule has 0 spiro atoms. The van der Waals surface area contributed by atoms with Gasteiger partial charge in [-0.1, -0.05) is 61.9 Å². The van der Waals surface area contributed by atoms with Crippen LogP contribution in [0.1, 0.15) is 47.3 Å². The van der Waals surface area contributed by atoms with Crippen LogP contribution in [0.25, 0.3) is 22.4 Å². The maximum atomic E-state index is 11.6. The van der Waals surface area contributed by atoms with E-state index in [4.69, 9.17) is 9.68 Å². The summed E-state index contributed by atoms with van der Waals surface area (Å²) in [6.45, 7) is 6.03. The summed E-state index contributed by atoms with van der Waals surface area (Å²) >= 11 is 1.57. The molecule has 1 N–H and O–H groups in total. The minimum atomic E-state index is -0.331. The fourth-order valence-corrected chi connectivity index (χ4v) is 3.88. The molecular weight excluding hydrogens is 434 g/mol. The first-order valence-electron chi connectivity index (χ1n) is 10.7. The van der Waals surface area contributed by atoms with Crippen molar-refractivity contribution in [2.24, 2.45) is 0 Å². The van der Waals surface area contributed by atoms with Crippen LogP contribution >= 0.6 is 11.3 Å². The van der Waals surface area contributed by atoms with Gasteiger partial charge in [0.15, 0.2) is 0 Å². The minimum Gasteiger partial charge on any atom is -0.424 e. The van der Waals surface area contributed by atoms with Gasteiger partial charge in [-0.25, -0.2) is 4.98 Å². The highest BCUT2D eigenvalue weighted by molar-refractivity contribution is 7.18. The van der Waals surface area contributed by atoms with Crippen LogP contribution in [0.5, 0.6) is 0 Å². The van der Waals surface area contributed by atoms with E-state index in [0.717, 1.165) is 26.4 Å². The first-order chi connectivity index (χ1) is 16.1. The fraction of sp³-hybridized carbons (Fsp3) is 0.240. The number of amides is 1. The van der Waals surface area contributed by atoms with Gasteiger partial charge >= 0.3 is 0 Å². The lowest BCUT2D eigenvalue weighted by molar-refractivity contribution is -0.120. The maximum absolute atomic E-state index is 11.6. The van der Waals surface area contributed by atoms with Crippen LogP contribution in [-0.4, -0.2) is 27.6 Å². The third-order valence-corrected chi connectivity index (χ3v) is 5.53. The van der Waals surface area contributed by atoms with Crippen molar-refractivity contribution in [2.45, 2.75) is 33.6 Å². The number of rotatable bonds is 7. The lowest BCUT2D eigenvalue weighted by Gasteiger charge is -1.96. The molecule has 0 bridgehead atoms. The van der Waals surface area contributed by atoms with E-state index < -0.39 is 0 Å². The van der Waals surface area contributed by atoms with Crippen molar-refractivity contribution >= 4 is 39.6 Å². The van der Waals surface area contributed by atoms with Gasteiger partial charge in [-0.15, -0.1) is 21.5 Å². The quantitative estimate of drug-likeness (QED) is 0.309. The molecule has 4 rings (SSSR count). The van der Waals surface area contributed by atoms with Crippen LogP contribution in [0, 0.1) is 18.3 Å². The number of aromatic nitrogens is 3. The average Bonchev–Trinajstić information content (AvgIpc) is 3.44. The van der Waals surface area contributed by atoms with Crippen molar-refractivity contribution in [3.05, 3.63) is 75.9 Å². The molecule has 0 unspecified atom stereocenters. The average molecular weight is 460 g/mol. The molecule has 2 heterocycles. The number of carbonyl (C=O) groups excluding carboxylic acids is 1. The Morgan fingerprint density at radius 1 is 1.09 bits per heavy atom. The second-order valence-corrected chi connectivity index (χ2v) is 8.07. The molecule has 0 saturated heterocycles. The summed E-state index contributed by atoms with van der Waals surface area (Å²) in [6, 6.07) is 16.4. The molecule has 0 aliphatic carbocycles. The molecule has 0 aliphatic heterocycles. The standard InChI is InChI=1S/C23H19N5O2S.C2H6/c1-15-2-4-16(5-3-15)6-7-17-8-9-19-18(12-17)26-23(31-19)14-22-28-27-21(30-22)13-20(29)25-11-10-24;1-2/h2-9,12H,11,13-14H2,1H3,(H,25,29);1-2H3/b7-6+;. The Labute approximate surface area is 196 Å². The van der Waals surface area contributed by atoms with Crippen LogP contribution in [0.4, 0.5) is 0 Å². The highest BCUT2D eigenvalue weighted by atomic mass is 32.1. The van der Waals surface area contributed by atoms with E-state index in [0.29, 0.717) is 12.3 Å². The molecule has 168 valence electrons. The predicted octanol–water partition coefficient (Wildman–Crippen LogP) is 4.96. The van der Waals surface area contributed by atoms with Gasteiger partial charge in [-0.05, 0) is 30.2 Å². The molecule has 2 aromatic heterocycles. The van der Waals surface area contributed by atoms with Crippen LogP contribution in [0.3, 0.4) is 0 Å². The van der Waals surface area contributed by atoms with Crippen molar-refractivity contribution in [1.82, 2.24) is 20.5 Å². The number of thiazole rings is 1. The molecule has 0 atom stereocenters. The molecule has 4 aromatic rings. The molecule has 1 amide bonds. The first-order valence-corrected chi connectivity index (χ1v) is 11.5. The zero-order valence-corrected chi connectivity index (χ0v) is 19.6. The van der Waals surface area contributed by atoms with E-state index in [2.05, 4.69) is 82.0 Å². The summed E-state index contributed by atoms with van der Waals surface area (Å²) in [4.78, 5) is 16.3. The summed E-state index contributed by atoms with van der Waals surface area (Å²) in [6.07, 6.45) is 4.51. The Morgan fingerprint density at radius 2 is 1.79 bits per heavy atom. The number of benzene rings is 2. The van der Waals surface area contributed by atoms with Crippen molar-refractivity contribution in [1.29, 1.82) is 5.26 Å². The molecule has 0 aliphatic rings. The number of aryl methyl sites for hydroxylation is 1. The summed E-state index contributed by atoms with van der Waals surface area (Å²) in [5.74, 6) is 0.291. The van der Waals surface area contributed by atoms with Gasteiger partial charge in [-0.2, -0.15) is 5.26 Å². The van der Waals surface area contributed by atoms with Crippen LogP contribution in [0.2, 0.25) is 0 Å².